The van der Waals surface area contributed by atoms with Crippen molar-refractivity contribution in [1.29, 1.82) is 0 Å². The molecule has 0 aromatic heterocycles. The van der Waals surface area contributed by atoms with E-state index in [0.717, 1.165) is 38.9 Å². The summed E-state index contributed by atoms with van der Waals surface area (Å²) in [5, 5.41) is 9.04. The second kappa shape index (κ2) is 5.54. The first kappa shape index (κ1) is 13.6. The number of likely N-dealkylation sites (tertiary alicyclic amines) is 1. The fourth-order valence-corrected chi connectivity index (χ4v) is 3.32. The van der Waals surface area contributed by atoms with Gasteiger partial charge in [-0.2, -0.15) is 0 Å². The van der Waals surface area contributed by atoms with E-state index in [1.54, 1.807) is 0 Å². The molecule has 20 heavy (non-hydrogen) atoms. The first-order valence-corrected chi connectivity index (χ1v) is 7.34. The number of ether oxygens (including phenoxy) is 1. The van der Waals surface area contributed by atoms with Gasteiger partial charge in [0.25, 0.3) is 0 Å². The minimum absolute atomic E-state index is 0.170. The Labute approximate surface area is 119 Å². The third kappa shape index (κ3) is 2.86. The summed E-state index contributed by atoms with van der Waals surface area (Å²) < 4.78 is 5.82. The normalized spacial score (nSPS) is 25.9. The summed E-state index contributed by atoms with van der Waals surface area (Å²) in [6.45, 7) is 2.95. The van der Waals surface area contributed by atoms with Crippen LogP contribution in [0.3, 0.4) is 0 Å². The van der Waals surface area contributed by atoms with E-state index < -0.39 is 12.1 Å². The molecule has 2 saturated heterocycles. The van der Waals surface area contributed by atoms with Crippen LogP contribution >= 0.6 is 0 Å². The molecule has 3 rings (SSSR count). The lowest BCUT2D eigenvalue weighted by Gasteiger charge is -2.39. The quantitative estimate of drug-likeness (QED) is 0.919. The molecule has 1 atom stereocenters. The fraction of sp³-hybridized carbons (Fsp3) is 0.562. The molecule has 1 spiro atoms. The molecule has 2 aliphatic heterocycles. The molecule has 0 saturated carbocycles. The lowest BCUT2D eigenvalue weighted by Crippen LogP contribution is -2.44. The Morgan fingerprint density at radius 3 is 2.55 bits per heavy atom. The first-order valence-electron chi connectivity index (χ1n) is 7.34. The number of hydrogen-bond donors (Lipinski definition) is 1. The summed E-state index contributed by atoms with van der Waals surface area (Å²) in [4.78, 5) is 13.4. The van der Waals surface area contributed by atoms with Crippen LogP contribution in [-0.2, 0) is 16.1 Å². The predicted octanol–water partition coefficient (Wildman–Crippen LogP) is 2.28. The summed E-state index contributed by atoms with van der Waals surface area (Å²) in [6.07, 6.45) is 2.86. The van der Waals surface area contributed by atoms with Gasteiger partial charge in [-0.25, -0.2) is 4.79 Å². The van der Waals surface area contributed by atoms with Crippen molar-refractivity contribution in [2.45, 2.75) is 43.9 Å². The molecule has 2 aliphatic rings. The Bertz CT molecular complexity index is 466. The van der Waals surface area contributed by atoms with Crippen molar-refractivity contribution in [1.82, 2.24) is 4.90 Å². The number of nitrogens with zero attached hydrogens (tertiary/aromatic N) is 1. The van der Waals surface area contributed by atoms with Gasteiger partial charge in [0.15, 0.2) is 6.10 Å². The molecule has 1 aromatic rings. The zero-order valence-corrected chi connectivity index (χ0v) is 11.6. The third-order valence-corrected chi connectivity index (χ3v) is 4.55. The highest BCUT2D eigenvalue weighted by Crippen LogP contribution is 2.39. The SMILES string of the molecule is O=C(O)C1CCC2(CCN(Cc3ccccc3)CC2)O1. The highest BCUT2D eigenvalue weighted by molar-refractivity contribution is 5.72. The standard InChI is InChI=1S/C16H21NO3/c18-15(19)14-6-7-16(20-14)8-10-17(11-9-16)12-13-4-2-1-3-5-13/h1-5,14H,6-12H2,(H,18,19). The maximum Gasteiger partial charge on any atom is 0.332 e. The smallest absolute Gasteiger partial charge is 0.332 e. The molecular formula is C16H21NO3. The Morgan fingerprint density at radius 1 is 1.25 bits per heavy atom. The van der Waals surface area contributed by atoms with Gasteiger partial charge in [-0.05, 0) is 31.2 Å². The summed E-state index contributed by atoms with van der Waals surface area (Å²) in [6, 6.07) is 10.5. The Morgan fingerprint density at radius 2 is 1.95 bits per heavy atom. The van der Waals surface area contributed by atoms with Crippen LogP contribution in [0.15, 0.2) is 30.3 Å². The number of carboxylic acids is 1. The van der Waals surface area contributed by atoms with E-state index in [1.165, 1.54) is 5.56 Å². The van der Waals surface area contributed by atoms with Crippen molar-refractivity contribution in [2.24, 2.45) is 0 Å². The monoisotopic (exact) mass is 275 g/mol. The maximum absolute atomic E-state index is 11.0. The lowest BCUT2D eigenvalue weighted by atomic mass is 9.88. The van der Waals surface area contributed by atoms with Crippen molar-refractivity contribution >= 4 is 5.97 Å². The van der Waals surface area contributed by atoms with Crippen LogP contribution in [0.1, 0.15) is 31.2 Å². The number of benzene rings is 1. The van der Waals surface area contributed by atoms with E-state index in [9.17, 15) is 4.79 Å². The van der Waals surface area contributed by atoms with Gasteiger partial charge in [0.1, 0.15) is 0 Å². The molecule has 2 heterocycles. The van der Waals surface area contributed by atoms with Crippen LogP contribution in [0, 0.1) is 0 Å². The second-order valence-corrected chi connectivity index (χ2v) is 5.93. The number of aliphatic carboxylic acids is 1. The number of hydrogen-bond acceptors (Lipinski definition) is 3. The van der Waals surface area contributed by atoms with Gasteiger partial charge >= 0.3 is 5.97 Å². The molecule has 1 unspecified atom stereocenters. The zero-order chi connectivity index (χ0) is 14.0. The molecule has 1 N–H and O–H groups in total. The zero-order valence-electron chi connectivity index (χ0n) is 11.6. The van der Waals surface area contributed by atoms with Crippen LogP contribution in [0.2, 0.25) is 0 Å². The van der Waals surface area contributed by atoms with E-state index in [0.29, 0.717) is 6.42 Å². The average molecular weight is 275 g/mol. The van der Waals surface area contributed by atoms with Crippen molar-refractivity contribution in [2.75, 3.05) is 13.1 Å². The molecule has 0 amide bonds. The van der Waals surface area contributed by atoms with Gasteiger partial charge < -0.3 is 9.84 Å². The maximum atomic E-state index is 11.0. The number of carboxylic acid groups (broad SMARTS) is 1. The average Bonchev–Trinajstić information content (AvgIpc) is 2.87. The third-order valence-electron chi connectivity index (χ3n) is 4.55. The minimum Gasteiger partial charge on any atom is -0.479 e. The van der Waals surface area contributed by atoms with Crippen molar-refractivity contribution in [3.8, 4) is 0 Å². The van der Waals surface area contributed by atoms with Gasteiger partial charge in [0.2, 0.25) is 0 Å². The van der Waals surface area contributed by atoms with Gasteiger partial charge in [-0.15, -0.1) is 0 Å². The van der Waals surface area contributed by atoms with Crippen molar-refractivity contribution < 1.29 is 14.6 Å². The number of carbonyl (C=O) groups is 1. The number of piperidine rings is 1. The van der Waals surface area contributed by atoms with E-state index in [1.807, 2.05) is 6.07 Å². The predicted molar refractivity (Wildman–Crippen MR) is 75.4 cm³/mol. The molecule has 108 valence electrons. The van der Waals surface area contributed by atoms with E-state index in [2.05, 4.69) is 29.2 Å². The van der Waals surface area contributed by atoms with Crippen molar-refractivity contribution in [3.05, 3.63) is 35.9 Å². The van der Waals surface area contributed by atoms with E-state index in [-0.39, 0.29) is 5.60 Å². The summed E-state index contributed by atoms with van der Waals surface area (Å²) >= 11 is 0. The highest BCUT2D eigenvalue weighted by atomic mass is 16.5. The number of rotatable bonds is 3. The summed E-state index contributed by atoms with van der Waals surface area (Å²) in [7, 11) is 0. The summed E-state index contributed by atoms with van der Waals surface area (Å²) in [5.74, 6) is -0.811. The van der Waals surface area contributed by atoms with Crippen LogP contribution in [0.4, 0.5) is 0 Å². The van der Waals surface area contributed by atoms with Gasteiger partial charge in [-0.1, -0.05) is 30.3 Å². The van der Waals surface area contributed by atoms with E-state index >= 15 is 0 Å². The minimum atomic E-state index is -0.811. The molecule has 4 nitrogen and oxygen atoms in total. The van der Waals surface area contributed by atoms with E-state index in [4.69, 9.17) is 9.84 Å². The highest BCUT2D eigenvalue weighted by Gasteiger charge is 2.44. The largest absolute Gasteiger partial charge is 0.479 e. The Balaban J connectivity index is 1.54. The molecule has 2 fully saturated rings. The topological polar surface area (TPSA) is 49.8 Å². The Hall–Kier alpha value is -1.39. The molecule has 4 heteroatoms. The van der Waals surface area contributed by atoms with Gasteiger partial charge in [-0.3, -0.25) is 4.90 Å². The lowest BCUT2D eigenvalue weighted by molar-refractivity contribution is -0.157. The fourth-order valence-electron chi connectivity index (χ4n) is 3.32. The van der Waals surface area contributed by atoms with Crippen LogP contribution in [0.5, 0.6) is 0 Å². The van der Waals surface area contributed by atoms with Crippen LogP contribution in [0.25, 0.3) is 0 Å². The van der Waals surface area contributed by atoms with Gasteiger partial charge in [0, 0.05) is 19.6 Å². The second-order valence-electron chi connectivity index (χ2n) is 5.93. The first-order chi connectivity index (χ1) is 9.67. The Kier molecular flexibility index (Phi) is 3.76. The molecule has 0 radical (unpaired) electrons. The molecule has 0 aliphatic carbocycles. The molecule has 0 bridgehead atoms. The summed E-state index contributed by atoms with van der Waals surface area (Å²) in [5.41, 5.74) is 1.16. The molecule has 1 aromatic carbocycles. The molecular weight excluding hydrogens is 254 g/mol. The van der Waals surface area contributed by atoms with Crippen LogP contribution in [-0.4, -0.2) is 40.8 Å². The van der Waals surface area contributed by atoms with Gasteiger partial charge in [0.05, 0.1) is 5.60 Å². The van der Waals surface area contributed by atoms with Crippen LogP contribution < -0.4 is 0 Å². The van der Waals surface area contributed by atoms with Crippen molar-refractivity contribution in [3.63, 3.8) is 0 Å².